The molecule has 2 aromatic carbocycles. The largest absolute Gasteiger partial charge is 0.573 e. The first kappa shape index (κ1) is 21.9. The van der Waals surface area contributed by atoms with E-state index in [1.807, 2.05) is 18.2 Å². The van der Waals surface area contributed by atoms with Crippen molar-refractivity contribution in [3.63, 3.8) is 0 Å². The van der Waals surface area contributed by atoms with E-state index in [9.17, 15) is 18.0 Å². The second-order valence-electron chi connectivity index (χ2n) is 7.73. The Labute approximate surface area is 183 Å². The number of rotatable bonds is 6. The van der Waals surface area contributed by atoms with Crippen LogP contribution in [0.1, 0.15) is 18.4 Å². The van der Waals surface area contributed by atoms with E-state index in [0.717, 1.165) is 37.2 Å². The van der Waals surface area contributed by atoms with Gasteiger partial charge in [0.1, 0.15) is 5.75 Å². The van der Waals surface area contributed by atoms with Gasteiger partial charge in [-0.1, -0.05) is 18.7 Å². The number of piperidine rings is 1. The number of nitrogens with one attached hydrogen (secondary N) is 1. The van der Waals surface area contributed by atoms with Crippen LogP contribution < -0.4 is 19.5 Å². The maximum atomic E-state index is 12.6. The maximum absolute atomic E-state index is 12.6. The third-order valence-corrected chi connectivity index (χ3v) is 5.49. The quantitative estimate of drug-likeness (QED) is 0.696. The Bertz CT molecular complexity index is 1000. The highest BCUT2D eigenvalue weighted by Crippen LogP contribution is 2.34. The molecule has 0 atom stereocenters. The number of hydrogen-bond donors (Lipinski definition) is 1. The standard InChI is InChI=1S/C23H23F3N2O4/c1-15(17-6-7-19-18(12-17)27-22(29)14-31-19)28-10-8-16(9-11-28)13-30-20-4-2-3-5-21(20)32-23(24,25)26/h2-7,12,16H,1,8-11,13-14H2,(H,27,29). The molecule has 0 unspecified atom stereocenters. The van der Waals surface area contributed by atoms with Crippen LogP contribution in [0.15, 0.2) is 49.0 Å². The molecule has 1 N–H and O–H groups in total. The highest BCUT2D eigenvalue weighted by atomic mass is 19.4. The zero-order valence-electron chi connectivity index (χ0n) is 17.3. The molecule has 170 valence electrons. The summed E-state index contributed by atoms with van der Waals surface area (Å²) in [4.78, 5) is 13.7. The van der Waals surface area contributed by atoms with Crippen molar-refractivity contribution in [2.45, 2.75) is 19.2 Å². The van der Waals surface area contributed by atoms with Crippen LogP contribution in [-0.2, 0) is 4.79 Å². The van der Waals surface area contributed by atoms with Crippen molar-refractivity contribution in [2.75, 3.05) is 31.6 Å². The predicted molar refractivity (Wildman–Crippen MR) is 113 cm³/mol. The van der Waals surface area contributed by atoms with E-state index in [0.29, 0.717) is 18.0 Å². The van der Waals surface area contributed by atoms with Gasteiger partial charge in [0.25, 0.3) is 5.91 Å². The Kier molecular flexibility index (Phi) is 6.16. The molecule has 0 spiro atoms. The highest BCUT2D eigenvalue weighted by molar-refractivity contribution is 5.95. The number of halogens is 3. The predicted octanol–water partition coefficient (Wildman–Crippen LogP) is 4.68. The molecule has 4 rings (SSSR count). The Balaban J connectivity index is 1.31. The fraction of sp³-hybridized carbons (Fsp3) is 0.348. The molecule has 2 aliphatic rings. The van der Waals surface area contributed by atoms with Gasteiger partial charge in [0, 0.05) is 18.8 Å². The second kappa shape index (κ2) is 9.02. The number of likely N-dealkylation sites (tertiary alicyclic amines) is 1. The molecule has 32 heavy (non-hydrogen) atoms. The number of ether oxygens (including phenoxy) is 3. The van der Waals surface area contributed by atoms with E-state index in [-0.39, 0.29) is 29.9 Å². The first-order chi connectivity index (χ1) is 15.3. The number of benzene rings is 2. The molecule has 6 nitrogen and oxygen atoms in total. The van der Waals surface area contributed by atoms with E-state index in [1.54, 1.807) is 6.07 Å². The molecule has 2 heterocycles. The summed E-state index contributed by atoms with van der Waals surface area (Å²) < 4.78 is 52.8. The van der Waals surface area contributed by atoms with Crippen LogP contribution >= 0.6 is 0 Å². The molecule has 1 saturated heterocycles. The molecule has 0 aliphatic carbocycles. The van der Waals surface area contributed by atoms with Crippen molar-refractivity contribution in [3.05, 3.63) is 54.6 Å². The minimum absolute atomic E-state index is 0.00961. The Morgan fingerprint density at radius 1 is 1.16 bits per heavy atom. The van der Waals surface area contributed by atoms with Gasteiger partial charge in [0.15, 0.2) is 18.1 Å². The average Bonchev–Trinajstić information content (AvgIpc) is 2.77. The SMILES string of the molecule is C=C(c1ccc2c(c1)NC(=O)CO2)N1CCC(COc2ccccc2OC(F)(F)F)CC1. The minimum Gasteiger partial charge on any atom is -0.489 e. The summed E-state index contributed by atoms with van der Waals surface area (Å²) in [6.07, 6.45) is -3.14. The van der Waals surface area contributed by atoms with E-state index in [2.05, 4.69) is 21.5 Å². The molecular weight excluding hydrogens is 425 g/mol. The van der Waals surface area contributed by atoms with Crippen LogP contribution in [0.4, 0.5) is 18.9 Å². The number of nitrogens with zero attached hydrogens (tertiary/aromatic N) is 1. The summed E-state index contributed by atoms with van der Waals surface area (Å²) in [5.74, 6) is 0.383. The van der Waals surface area contributed by atoms with Crippen molar-refractivity contribution >= 4 is 17.3 Å². The van der Waals surface area contributed by atoms with Gasteiger partial charge in [-0.05, 0) is 54.7 Å². The van der Waals surface area contributed by atoms with Crippen LogP contribution in [0.5, 0.6) is 17.2 Å². The van der Waals surface area contributed by atoms with Gasteiger partial charge < -0.3 is 24.4 Å². The molecule has 0 radical (unpaired) electrons. The summed E-state index contributed by atoms with van der Waals surface area (Å²) in [6.45, 7) is 6.00. The smallest absolute Gasteiger partial charge is 0.489 e. The molecule has 0 bridgehead atoms. The third-order valence-electron chi connectivity index (χ3n) is 5.49. The monoisotopic (exact) mass is 448 g/mol. The summed E-state index contributed by atoms with van der Waals surface area (Å²) >= 11 is 0. The second-order valence-corrected chi connectivity index (χ2v) is 7.73. The normalized spacial score (nSPS) is 16.6. The van der Waals surface area contributed by atoms with Crippen molar-refractivity contribution < 1.29 is 32.2 Å². The Morgan fingerprint density at radius 3 is 2.59 bits per heavy atom. The van der Waals surface area contributed by atoms with Crippen LogP contribution in [0.25, 0.3) is 5.70 Å². The van der Waals surface area contributed by atoms with Gasteiger partial charge in [0.05, 0.1) is 12.3 Å². The molecular formula is C23H23F3N2O4. The lowest BCUT2D eigenvalue weighted by molar-refractivity contribution is -0.275. The molecule has 2 aliphatic heterocycles. The van der Waals surface area contributed by atoms with Crippen molar-refractivity contribution in [1.29, 1.82) is 0 Å². The van der Waals surface area contributed by atoms with E-state index in [4.69, 9.17) is 9.47 Å². The fourth-order valence-corrected chi connectivity index (χ4v) is 3.80. The number of para-hydroxylation sites is 2. The number of carbonyl (C=O) groups is 1. The number of carbonyl (C=O) groups excluding carboxylic acids is 1. The van der Waals surface area contributed by atoms with Gasteiger partial charge in [-0.3, -0.25) is 4.79 Å². The number of hydrogen-bond acceptors (Lipinski definition) is 5. The lowest BCUT2D eigenvalue weighted by Crippen LogP contribution is -2.34. The molecule has 1 amide bonds. The Morgan fingerprint density at radius 2 is 1.88 bits per heavy atom. The number of alkyl halides is 3. The van der Waals surface area contributed by atoms with Crippen LogP contribution in [0, 0.1) is 5.92 Å². The lowest BCUT2D eigenvalue weighted by Gasteiger charge is -2.35. The van der Waals surface area contributed by atoms with Crippen LogP contribution in [-0.4, -0.2) is 43.5 Å². The number of amides is 1. The molecule has 9 heteroatoms. The molecule has 0 saturated carbocycles. The topological polar surface area (TPSA) is 60.0 Å². The Hall–Kier alpha value is -3.36. The van der Waals surface area contributed by atoms with E-state index in [1.165, 1.54) is 18.2 Å². The zero-order valence-corrected chi connectivity index (χ0v) is 17.3. The third kappa shape index (κ3) is 5.27. The summed E-state index contributed by atoms with van der Waals surface area (Å²) in [5, 5.41) is 2.80. The van der Waals surface area contributed by atoms with Gasteiger partial charge in [-0.2, -0.15) is 0 Å². The van der Waals surface area contributed by atoms with Crippen molar-refractivity contribution in [2.24, 2.45) is 5.92 Å². The van der Waals surface area contributed by atoms with Gasteiger partial charge in [0.2, 0.25) is 0 Å². The number of fused-ring (bicyclic) bond motifs is 1. The summed E-state index contributed by atoms with van der Waals surface area (Å²) in [7, 11) is 0. The minimum atomic E-state index is -4.77. The van der Waals surface area contributed by atoms with E-state index >= 15 is 0 Å². The average molecular weight is 448 g/mol. The summed E-state index contributed by atoms with van der Waals surface area (Å²) in [6, 6.07) is 11.4. The summed E-state index contributed by atoms with van der Waals surface area (Å²) in [5.41, 5.74) is 2.36. The molecule has 0 aromatic heterocycles. The number of anilines is 1. The van der Waals surface area contributed by atoms with Crippen LogP contribution in [0.3, 0.4) is 0 Å². The first-order valence-electron chi connectivity index (χ1n) is 10.3. The highest BCUT2D eigenvalue weighted by Gasteiger charge is 2.32. The van der Waals surface area contributed by atoms with Gasteiger partial charge >= 0.3 is 6.36 Å². The van der Waals surface area contributed by atoms with Gasteiger partial charge in [-0.25, -0.2) is 0 Å². The van der Waals surface area contributed by atoms with E-state index < -0.39 is 6.36 Å². The lowest BCUT2D eigenvalue weighted by atomic mass is 9.96. The zero-order chi connectivity index (χ0) is 22.7. The van der Waals surface area contributed by atoms with Crippen LogP contribution in [0.2, 0.25) is 0 Å². The maximum Gasteiger partial charge on any atom is 0.573 e. The first-order valence-corrected chi connectivity index (χ1v) is 10.3. The van der Waals surface area contributed by atoms with Gasteiger partial charge in [-0.15, -0.1) is 13.2 Å². The van der Waals surface area contributed by atoms with Crippen molar-refractivity contribution in [1.82, 2.24) is 4.90 Å². The molecule has 2 aromatic rings. The fourth-order valence-electron chi connectivity index (χ4n) is 3.80. The molecule has 1 fully saturated rings. The van der Waals surface area contributed by atoms with Crippen molar-refractivity contribution in [3.8, 4) is 17.2 Å².